The fourth-order valence-electron chi connectivity index (χ4n) is 0.741. The molecule has 0 aliphatic heterocycles. The minimum atomic E-state index is 1.01. The van der Waals surface area contributed by atoms with Gasteiger partial charge in [0.05, 0.1) is 15.9 Å². The van der Waals surface area contributed by atoms with Crippen molar-refractivity contribution in [2.45, 2.75) is 20.8 Å². The number of halogens is 1. The third-order valence-corrected chi connectivity index (χ3v) is 2.33. The molecule has 0 spiro atoms. The van der Waals surface area contributed by atoms with Crippen LogP contribution in [0.3, 0.4) is 0 Å². The van der Waals surface area contributed by atoms with E-state index in [1.54, 1.807) is 6.20 Å². The molecular formula is C9H15BrN2. The van der Waals surface area contributed by atoms with Gasteiger partial charge < -0.3 is 5.32 Å². The van der Waals surface area contributed by atoms with Crippen molar-refractivity contribution in [3.8, 4) is 0 Å². The van der Waals surface area contributed by atoms with Crippen molar-refractivity contribution >= 4 is 21.6 Å². The summed E-state index contributed by atoms with van der Waals surface area (Å²) < 4.78 is 1.04. The average molecular weight is 231 g/mol. The Kier molecular flexibility index (Phi) is 5.72. The molecule has 0 atom stereocenters. The summed E-state index contributed by atoms with van der Waals surface area (Å²) in [6.07, 6.45) is 1.78. The van der Waals surface area contributed by atoms with Gasteiger partial charge in [0.1, 0.15) is 0 Å². The number of pyridine rings is 1. The maximum absolute atomic E-state index is 4.10. The monoisotopic (exact) mass is 230 g/mol. The average Bonchev–Trinajstić information content (AvgIpc) is 2.13. The van der Waals surface area contributed by atoms with Crippen LogP contribution in [-0.4, -0.2) is 12.0 Å². The van der Waals surface area contributed by atoms with E-state index in [0.29, 0.717) is 0 Å². The molecule has 0 radical (unpaired) electrons. The molecule has 0 bridgehead atoms. The van der Waals surface area contributed by atoms with Crippen LogP contribution in [0.4, 0.5) is 5.69 Å². The first-order valence-corrected chi connectivity index (χ1v) is 4.84. The van der Waals surface area contributed by atoms with Crippen molar-refractivity contribution in [3.63, 3.8) is 0 Å². The summed E-state index contributed by atoms with van der Waals surface area (Å²) >= 11 is 3.42. The van der Waals surface area contributed by atoms with Crippen molar-refractivity contribution in [1.29, 1.82) is 0 Å². The van der Waals surface area contributed by atoms with Crippen molar-refractivity contribution in [2.24, 2.45) is 0 Å². The van der Waals surface area contributed by atoms with Gasteiger partial charge in [0.25, 0.3) is 0 Å². The maximum Gasteiger partial charge on any atom is 0.0619 e. The van der Waals surface area contributed by atoms with Gasteiger partial charge in [-0.3, -0.25) is 4.98 Å². The Morgan fingerprint density at radius 3 is 2.42 bits per heavy atom. The fraction of sp³-hybridized carbons (Fsp3) is 0.444. The molecule has 1 heterocycles. The van der Waals surface area contributed by atoms with E-state index in [-0.39, 0.29) is 0 Å². The van der Waals surface area contributed by atoms with E-state index in [1.807, 2.05) is 33.9 Å². The summed E-state index contributed by atoms with van der Waals surface area (Å²) in [5.41, 5.74) is 2.08. The van der Waals surface area contributed by atoms with E-state index in [9.17, 15) is 0 Å². The minimum Gasteiger partial charge on any atom is -0.387 e. The third-order valence-electron chi connectivity index (χ3n) is 1.33. The second kappa shape index (κ2) is 6.00. The molecule has 0 aliphatic carbocycles. The van der Waals surface area contributed by atoms with Crippen LogP contribution in [0.15, 0.2) is 16.7 Å². The normalized spacial score (nSPS) is 8.42. The van der Waals surface area contributed by atoms with Gasteiger partial charge in [0, 0.05) is 13.2 Å². The van der Waals surface area contributed by atoms with Gasteiger partial charge in [0.2, 0.25) is 0 Å². The minimum absolute atomic E-state index is 1.01. The van der Waals surface area contributed by atoms with Gasteiger partial charge in [-0.15, -0.1) is 0 Å². The zero-order valence-electron chi connectivity index (χ0n) is 7.98. The van der Waals surface area contributed by atoms with Gasteiger partial charge >= 0.3 is 0 Å². The zero-order chi connectivity index (χ0) is 9.56. The molecular weight excluding hydrogens is 216 g/mol. The molecule has 0 unspecified atom stereocenters. The van der Waals surface area contributed by atoms with E-state index < -0.39 is 0 Å². The molecule has 2 nitrogen and oxygen atoms in total. The molecule has 12 heavy (non-hydrogen) atoms. The molecule has 0 aromatic carbocycles. The highest BCUT2D eigenvalue weighted by Gasteiger charge is 1.98. The molecule has 1 aromatic rings. The standard InChI is InChI=1S/C7H9BrN2.C2H6/c1-5-7(8)6(9-2)3-4-10-5;1-2/h3-4H,1-2H3,(H,9,10);1-2H3. The van der Waals surface area contributed by atoms with E-state index in [4.69, 9.17) is 0 Å². The van der Waals surface area contributed by atoms with Crippen LogP contribution < -0.4 is 5.32 Å². The first-order chi connectivity index (χ1) is 5.75. The predicted molar refractivity (Wildman–Crippen MR) is 57.6 cm³/mol. The second-order valence-corrected chi connectivity index (χ2v) is 2.80. The van der Waals surface area contributed by atoms with Crippen LogP contribution in [0.1, 0.15) is 19.5 Å². The van der Waals surface area contributed by atoms with Gasteiger partial charge in [-0.05, 0) is 28.9 Å². The van der Waals surface area contributed by atoms with Gasteiger partial charge in [-0.1, -0.05) is 13.8 Å². The first kappa shape index (κ1) is 11.4. The topological polar surface area (TPSA) is 24.9 Å². The number of nitrogens with zero attached hydrogens (tertiary/aromatic N) is 1. The smallest absolute Gasteiger partial charge is 0.0619 e. The molecule has 1 aromatic heterocycles. The first-order valence-electron chi connectivity index (χ1n) is 4.04. The summed E-state index contributed by atoms with van der Waals surface area (Å²) in [5.74, 6) is 0. The van der Waals surface area contributed by atoms with E-state index in [1.165, 1.54) is 0 Å². The Balaban J connectivity index is 0.000000561. The van der Waals surface area contributed by atoms with E-state index >= 15 is 0 Å². The lowest BCUT2D eigenvalue weighted by molar-refractivity contribution is 1.18. The van der Waals surface area contributed by atoms with Crippen LogP contribution in [-0.2, 0) is 0 Å². The van der Waals surface area contributed by atoms with Crippen LogP contribution in [0.2, 0.25) is 0 Å². The molecule has 1 rings (SSSR count). The molecule has 68 valence electrons. The van der Waals surface area contributed by atoms with Crippen LogP contribution in [0.5, 0.6) is 0 Å². The molecule has 3 heteroatoms. The summed E-state index contributed by atoms with van der Waals surface area (Å²) in [7, 11) is 1.89. The van der Waals surface area contributed by atoms with Gasteiger partial charge in [-0.2, -0.15) is 0 Å². The molecule has 0 aliphatic rings. The summed E-state index contributed by atoms with van der Waals surface area (Å²) in [6.45, 7) is 5.96. The van der Waals surface area contributed by atoms with Crippen molar-refractivity contribution in [3.05, 3.63) is 22.4 Å². The molecule has 0 amide bonds. The molecule has 0 fully saturated rings. The summed E-state index contributed by atoms with van der Waals surface area (Å²) in [6, 6.07) is 1.93. The fourth-order valence-corrected chi connectivity index (χ4v) is 1.17. The third kappa shape index (κ3) is 2.81. The highest BCUT2D eigenvalue weighted by molar-refractivity contribution is 9.10. The molecule has 0 saturated carbocycles. The molecule has 0 saturated heterocycles. The van der Waals surface area contributed by atoms with Crippen molar-refractivity contribution in [1.82, 2.24) is 4.98 Å². The zero-order valence-corrected chi connectivity index (χ0v) is 9.57. The van der Waals surface area contributed by atoms with Crippen LogP contribution in [0.25, 0.3) is 0 Å². The Hall–Kier alpha value is -0.570. The maximum atomic E-state index is 4.10. The predicted octanol–water partition coefficient (Wildman–Crippen LogP) is 3.22. The number of nitrogens with one attached hydrogen (secondary N) is 1. The van der Waals surface area contributed by atoms with Crippen LogP contribution >= 0.6 is 15.9 Å². The largest absolute Gasteiger partial charge is 0.387 e. The number of anilines is 1. The number of aromatic nitrogens is 1. The Labute approximate surface area is 82.5 Å². The number of hydrogen-bond donors (Lipinski definition) is 1. The van der Waals surface area contributed by atoms with Crippen LogP contribution in [0, 0.1) is 6.92 Å². The van der Waals surface area contributed by atoms with E-state index in [0.717, 1.165) is 15.9 Å². The van der Waals surface area contributed by atoms with E-state index in [2.05, 4.69) is 26.2 Å². The second-order valence-electron chi connectivity index (χ2n) is 2.01. The number of rotatable bonds is 1. The SMILES string of the molecule is CC.CNc1ccnc(C)c1Br. The Bertz CT molecular complexity index is 236. The lowest BCUT2D eigenvalue weighted by atomic mass is 10.3. The number of hydrogen-bond acceptors (Lipinski definition) is 2. The molecule has 1 N–H and O–H groups in total. The Morgan fingerprint density at radius 1 is 1.42 bits per heavy atom. The van der Waals surface area contributed by atoms with Gasteiger partial charge in [-0.25, -0.2) is 0 Å². The van der Waals surface area contributed by atoms with Crippen molar-refractivity contribution in [2.75, 3.05) is 12.4 Å². The van der Waals surface area contributed by atoms with Crippen molar-refractivity contribution < 1.29 is 0 Å². The summed E-state index contributed by atoms with van der Waals surface area (Å²) in [5, 5.41) is 3.05. The lowest BCUT2D eigenvalue weighted by Gasteiger charge is -2.03. The lowest BCUT2D eigenvalue weighted by Crippen LogP contribution is -1.92. The Morgan fingerprint density at radius 2 is 2.00 bits per heavy atom. The number of aryl methyl sites for hydroxylation is 1. The summed E-state index contributed by atoms with van der Waals surface area (Å²) in [4.78, 5) is 4.10. The quantitative estimate of drug-likeness (QED) is 0.802. The highest BCUT2D eigenvalue weighted by Crippen LogP contribution is 2.22. The van der Waals surface area contributed by atoms with Gasteiger partial charge in [0.15, 0.2) is 0 Å². The highest BCUT2D eigenvalue weighted by atomic mass is 79.9.